The van der Waals surface area contributed by atoms with Gasteiger partial charge in [0.1, 0.15) is 5.76 Å². The predicted octanol–water partition coefficient (Wildman–Crippen LogP) is 3.49. The third kappa shape index (κ3) is 3.82. The number of hydrogen-bond acceptors (Lipinski definition) is 4. The lowest BCUT2D eigenvalue weighted by atomic mass is 9.79. The van der Waals surface area contributed by atoms with Gasteiger partial charge in [-0.15, -0.1) is 34.0 Å². The van der Waals surface area contributed by atoms with E-state index >= 15 is 0 Å². The zero-order valence-corrected chi connectivity index (χ0v) is 16.6. The number of halogens is 2. The zero-order valence-electron chi connectivity index (χ0n) is 13.2. The van der Waals surface area contributed by atoms with E-state index in [1.165, 1.54) is 38.0 Å². The number of anilines is 1. The second kappa shape index (κ2) is 7.97. The molecular formula is C15H27Br2N3O. The third-order valence-electron chi connectivity index (χ3n) is 4.54. The van der Waals surface area contributed by atoms with Crippen LogP contribution in [0.15, 0.2) is 4.42 Å². The highest BCUT2D eigenvalue weighted by Crippen LogP contribution is 2.36. The molecule has 122 valence electrons. The number of nitrogens with zero attached hydrogens (tertiary/aromatic N) is 3. The van der Waals surface area contributed by atoms with Crippen LogP contribution in [0, 0.1) is 5.92 Å². The molecule has 4 nitrogen and oxygen atoms in total. The van der Waals surface area contributed by atoms with Gasteiger partial charge in [-0.25, -0.2) is 0 Å². The molecule has 2 heterocycles. The molecule has 2 atom stereocenters. The van der Waals surface area contributed by atoms with E-state index < -0.39 is 0 Å². The van der Waals surface area contributed by atoms with E-state index in [-0.39, 0.29) is 34.0 Å². The Hall–Kier alpha value is -0.0700. The van der Waals surface area contributed by atoms with Crippen molar-refractivity contribution in [1.82, 2.24) is 9.88 Å². The molecule has 0 aromatic carbocycles. The zero-order chi connectivity index (χ0) is 13.4. The molecule has 1 aliphatic carbocycles. The van der Waals surface area contributed by atoms with E-state index in [0.29, 0.717) is 6.04 Å². The standard InChI is InChI=1S/C15H25N3O.2BrH/c1-4-7-18-8-5-6-11-9-12-14(10-13(11)18)19-15(16-12)17(2)3;;/h11,13H,4-10H2,1-3H3;2*1H. The van der Waals surface area contributed by atoms with Crippen LogP contribution < -0.4 is 4.90 Å². The first-order valence-electron chi connectivity index (χ1n) is 7.59. The van der Waals surface area contributed by atoms with Crippen molar-refractivity contribution >= 4 is 40.0 Å². The van der Waals surface area contributed by atoms with Gasteiger partial charge in [-0.3, -0.25) is 4.90 Å². The summed E-state index contributed by atoms with van der Waals surface area (Å²) in [4.78, 5) is 9.29. The number of rotatable bonds is 3. The predicted molar refractivity (Wildman–Crippen MR) is 97.3 cm³/mol. The van der Waals surface area contributed by atoms with Crippen molar-refractivity contribution in [2.45, 2.75) is 45.1 Å². The highest BCUT2D eigenvalue weighted by atomic mass is 79.9. The molecule has 1 aromatic heterocycles. The third-order valence-corrected chi connectivity index (χ3v) is 4.54. The van der Waals surface area contributed by atoms with Gasteiger partial charge in [0.05, 0.1) is 5.69 Å². The van der Waals surface area contributed by atoms with Crippen LogP contribution in [0.25, 0.3) is 0 Å². The molecular weight excluding hydrogens is 398 g/mol. The average Bonchev–Trinajstić information content (AvgIpc) is 2.80. The molecule has 0 bridgehead atoms. The molecule has 1 aromatic rings. The molecule has 1 saturated heterocycles. The van der Waals surface area contributed by atoms with Crippen LogP contribution in [0.5, 0.6) is 0 Å². The highest BCUT2D eigenvalue weighted by Gasteiger charge is 2.37. The van der Waals surface area contributed by atoms with Crippen molar-refractivity contribution in [2.75, 3.05) is 32.1 Å². The van der Waals surface area contributed by atoms with Gasteiger partial charge in [0.2, 0.25) is 0 Å². The number of fused-ring (bicyclic) bond motifs is 2. The molecule has 0 N–H and O–H groups in total. The van der Waals surface area contributed by atoms with Crippen molar-refractivity contribution in [2.24, 2.45) is 5.92 Å². The molecule has 21 heavy (non-hydrogen) atoms. The fourth-order valence-electron chi connectivity index (χ4n) is 3.63. The highest BCUT2D eigenvalue weighted by molar-refractivity contribution is 8.93. The summed E-state index contributed by atoms with van der Waals surface area (Å²) in [5.74, 6) is 1.92. The number of aromatic nitrogens is 1. The summed E-state index contributed by atoms with van der Waals surface area (Å²) >= 11 is 0. The minimum absolute atomic E-state index is 0. The molecule has 0 radical (unpaired) electrons. The minimum atomic E-state index is 0. The first kappa shape index (κ1) is 19.0. The summed E-state index contributed by atoms with van der Waals surface area (Å²) in [7, 11) is 3.99. The molecule has 3 rings (SSSR count). The summed E-state index contributed by atoms with van der Waals surface area (Å²) < 4.78 is 5.93. The van der Waals surface area contributed by atoms with E-state index in [2.05, 4.69) is 16.8 Å². The van der Waals surface area contributed by atoms with Crippen molar-refractivity contribution < 1.29 is 4.42 Å². The molecule has 0 amide bonds. The van der Waals surface area contributed by atoms with Gasteiger partial charge < -0.3 is 9.32 Å². The van der Waals surface area contributed by atoms with Crippen molar-refractivity contribution in [3.8, 4) is 0 Å². The molecule has 0 spiro atoms. The molecule has 1 fully saturated rings. The van der Waals surface area contributed by atoms with E-state index in [1.807, 2.05) is 19.0 Å². The summed E-state index contributed by atoms with van der Waals surface area (Å²) in [6.45, 7) is 4.76. The number of hydrogen-bond donors (Lipinski definition) is 0. The monoisotopic (exact) mass is 423 g/mol. The number of piperidine rings is 1. The lowest BCUT2D eigenvalue weighted by Gasteiger charge is -2.43. The lowest BCUT2D eigenvalue weighted by molar-refractivity contribution is 0.0799. The maximum Gasteiger partial charge on any atom is 0.297 e. The quantitative estimate of drug-likeness (QED) is 0.743. The van der Waals surface area contributed by atoms with E-state index in [1.54, 1.807) is 0 Å². The van der Waals surface area contributed by atoms with Crippen LogP contribution in [0.3, 0.4) is 0 Å². The fraction of sp³-hybridized carbons (Fsp3) is 0.800. The van der Waals surface area contributed by atoms with Crippen molar-refractivity contribution in [1.29, 1.82) is 0 Å². The van der Waals surface area contributed by atoms with Gasteiger partial charge in [-0.05, 0) is 44.7 Å². The second-order valence-electron chi connectivity index (χ2n) is 6.17. The minimum Gasteiger partial charge on any atom is -0.428 e. The van der Waals surface area contributed by atoms with Gasteiger partial charge in [0.15, 0.2) is 0 Å². The molecule has 2 aliphatic rings. The summed E-state index contributed by atoms with van der Waals surface area (Å²) in [6, 6.07) is 1.45. The van der Waals surface area contributed by atoms with Crippen molar-refractivity contribution in [3.63, 3.8) is 0 Å². The van der Waals surface area contributed by atoms with Crippen LogP contribution in [0.4, 0.5) is 6.01 Å². The Morgan fingerprint density at radius 3 is 2.71 bits per heavy atom. The summed E-state index contributed by atoms with van der Waals surface area (Å²) in [5.41, 5.74) is 1.21. The Morgan fingerprint density at radius 1 is 1.29 bits per heavy atom. The SMILES string of the molecule is Br.Br.CCCN1CCCC2Cc3nc(N(C)C)oc3CC21. The van der Waals surface area contributed by atoms with Crippen LogP contribution in [0.2, 0.25) is 0 Å². The number of likely N-dealkylation sites (tertiary alicyclic amines) is 1. The Balaban J connectivity index is 0.00000110. The lowest BCUT2D eigenvalue weighted by Crippen LogP contribution is -2.49. The van der Waals surface area contributed by atoms with Gasteiger partial charge in [0.25, 0.3) is 6.01 Å². The average molecular weight is 425 g/mol. The Kier molecular flexibility index (Phi) is 7.20. The van der Waals surface area contributed by atoms with Crippen molar-refractivity contribution in [3.05, 3.63) is 11.5 Å². The maximum absolute atomic E-state index is 5.93. The van der Waals surface area contributed by atoms with Gasteiger partial charge >= 0.3 is 0 Å². The first-order valence-corrected chi connectivity index (χ1v) is 7.59. The van der Waals surface area contributed by atoms with E-state index in [0.717, 1.165) is 30.5 Å². The van der Waals surface area contributed by atoms with Gasteiger partial charge in [0, 0.05) is 26.6 Å². The topological polar surface area (TPSA) is 32.5 Å². The van der Waals surface area contributed by atoms with E-state index in [9.17, 15) is 0 Å². The first-order chi connectivity index (χ1) is 9.19. The van der Waals surface area contributed by atoms with Gasteiger partial charge in [-0.1, -0.05) is 6.92 Å². The van der Waals surface area contributed by atoms with Crippen LogP contribution in [-0.2, 0) is 12.8 Å². The fourth-order valence-corrected chi connectivity index (χ4v) is 3.63. The largest absolute Gasteiger partial charge is 0.428 e. The second-order valence-corrected chi connectivity index (χ2v) is 6.17. The van der Waals surface area contributed by atoms with Crippen LogP contribution in [-0.4, -0.2) is 43.1 Å². The maximum atomic E-state index is 5.93. The molecule has 1 aliphatic heterocycles. The van der Waals surface area contributed by atoms with Crippen LogP contribution >= 0.6 is 34.0 Å². The molecule has 0 saturated carbocycles. The normalized spacial score (nSPS) is 24.3. The molecule has 2 unspecified atom stereocenters. The Labute approximate surface area is 148 Å². The Bertz CT molecular complexity index is 448. The Morgan fingerprint density at radius 2 is 2.05 bits per heavy atom. The van der Waals surface area contributed by atoms with E-state index in [4.69, 9.17) is 4.42 Å². The molecule has 6 heteroatoms. The smallest absolute Gasteiger partial charge is 0.297 e. The number of oxazole rings is 1. The van der Waals surface area contributed by atoms with Gasteiger partial charge in [-0.2, -0.15) is 4.98 Å². The summed E-state index contributed by atoms with van der Waals surface area (Å²) in [5, 5.41) is 0. The van der Waals surface area contributed by atoms with Crippen LogP contribution in [0.1, 0.15) is 37.6 Å². The summed E-state index contributed by atoms with van der Waals surface area (Å²) in [6.07, 6.45) is 6.11.